The van der Waals surface area contributed by atoms with Gasteiger partial charge in [0.25, 0.3) is 0 Å². The number of hydrogen-bond acceptors (Lipinski definition) is 12. The fraction of sp³-hybridized carbons (Fsp3) is 0. The van der Waals surface area contributed by atoms with Crippen molar-refractivity contribution >= 4 is 59.2 Å². The molecule has 0 aromatic heterocycles. The van der Waals surface area contributed by atoms with Crippen molar-refractivity contribution < 1.29 is 103 Å². The van der Waals surface area contributed by atoms with E-state index in [2.05, 4.69) is 24.7 Å². The van der Waals surface area contributed by atoms with E-state index in [0.717, 1.165) is 0 Å². The second kappa shape index (κ2) is 7.55. The molecular formula is H2LiMgNaO12Si4-2. The van der Waals surface area contributed by atoms with Crippen LogP contribution in [-0.4, -0.2) is 70.2 Å². The third-order valence-corrected chi connectivity index (χ3v) is 13.5. The van der Waals surface area contributed by atoms with Crippen LogP contribution in [0.5, 0.6) is 0 Å². The first-order valence-corrected chi connectivity index (χ1v) is 9.80. The van der Waals surface area contributed by atoms with E-state index in [1.807, 2.05) is 0 Å². The van der Waals surface area contributed by atoms with Gasteiger partial charge < -0.3 is 54.8 Å². The van der Waals surface area contributed by atoms with Crippen LogP contribution in [0, 0.1) is 0 Å². The van der Waals surface area contributed by atoms with Crippen molar-refractivity contribution in [3.8, 4) is 0 Å². The maximum absolute atomic E-state index is 11.1. The van der Waals surface area contributed by atoms with E-state index in [-0.39, 0.29) is 82.4 Å². The summed E-state index contributed by atoms with van der Waals surface area (Å²) in [6.45, 7) is 0. The zero-order valence-corrected chi connectivity index (χ0v) is 17.1. The maximum Gasteiger partial charge on any atom is 2.00 e. The van der Waals surface area contributed by atoms with Crippen LogP contribution < -0.4 is 67.6 Å². The molecule has 0 atom stereocenters. The molecule has 6 heterocycles. The van der Waals surface area contributed by atoms with Gasteiger partial charge in [-0.1, -0.05) is 0 Å². The standard InChI is InChI=1S/Li.Mg.Na.O10Si4.2H2O/c;;;1-11-5-12(2,6-11)10-14(4)7-13(3,8-14)9-11;;/h;;;;2*1H2/q+1;+2;+1;-4;;/p-2. The summed E-state index contributed by atoms with van der Waals surface area (Å²) >= 11 is 0. The van der Waals surface area contributed by atoms with E-state index in [0.29, 0.717) is 0 Å². The first-order valence-electron chi connectivity index (χ1n) is 3.27. The van der Waals surface area contributed by atoms with Crippen LogP contribution in [0.3, 0.4) is 0 Å². The van der Waals surface area contributed by atoms with Gasteiger partial charge in [0.15, 0.2) is 0 Å². The Morgan fingerprint density at radius 2 is 0.632 bits per heavy atom. The van der Waals surface area contributed by atoms with Gasteiger partial charge in [0, 0.05) is 0 Å². The number of rotatable bonds is 0. The van der Waals surface area contributed by atoms with Crippen LogP contribution in [-0.2, 0) is 24.7 Å². The van der Waals surface area contributed by atoms with Gasteiger partial charge in [-0.05, 0) is 0 Å². The molecule has 0 amide bonds. The summed E-state index contributed by atoms with van der Waals surface area (Å²) in [5.74, 6) is 0. The van der Waals surface area contributed by atoms with Gasteiger partial charge >= 0.3 is 108 Å². The van der Waals surface area contributed by atoms with E-state index in [4.69, 9.17) is 0 Å². The predicted octanol–water partition coefficient (Wildman–Crippen LogP) is -13.4. The second-order valence-corrected chi connectivity index (χ2v) is 11.5. The Morgan fingerprint density at radius 3 is 0.737 bits per heavy atom. The molecule has 6 rings (SSSR count). The summed E-state index contributed by atoms with van der Waals surface area (Å²) in [4.78, 5) is 44.5. The third kappa shape index (κ3) is 4.86. The smallest absolute Gasteiger partial charge is 0.870 e. The van der Waals surface area contributed by atoms with E-state index in [1.54, 1.807) is 0 Å². The first-order chi connectivity index (χ1) is 6.24. The van der Waals surface area contributed by atoms with Crippen LogP contribution >= 0.6 is 0 Å². The van der Waals surface area contributed by atoms with Gasteiger partial charge in [-0.25, -0.2) is 0 Å². The van der Waals surface area contributed by atoms with Crippen molar-refractivity contribution in [2.24, 2.45) is 0 Å². The molecule has 0 aromatic carbocycles. The summed E-state index contributed by atoms with van der Waals surface area (Å²) in [5, 5.41) is 0. The average Bonchev–Trinajstić information content (AvgIpc) is 1.72. The molecule has 0 aromatic rings. The minimum atomic E-state index is -4.48. The van der Waals surface area contributed by atoms with Crippen LogP contribution in [0.25, 0.3) is 0 Å². The molecule has 19 heavy (non-hydrogen) atoms. The minimum Gasteiger partial charge on any atom is -0.870 e. The predicted molar refractivity (Wildman–Crippen MR) is 39.2 cm³/mol. The fourth-order valence-corrected chi connectivity index (χ4v) is 12.9. The van der Waals surface area contributed by atoms with Crippen molar-refractivity contribution in [1.29, 1.82) is 0 Å². The Balaban J connectivity index is -0.000000512. The van der Waals surface area contributed by atoms with Crippen LogP contribution in [0.4, 0.5) is 0 Å². The Kier molecular flexibility index (Phi) is 10.6. The molecule has 6 aliphatic heterocycles. The van der Waals surface area contributed by atoms with Crippen molar-refractivity contribution in [2.45, 2.75) is 0 Å². The van der Waals surface area contributed by atoms with E-state index >= 15 is 0 Å². The summed E-state index contributed by atoms with van der Waals surface area (Å²) in [6.07, 6.45) is 0. The molecule has 0 spiro atoms. The summed E-state index contributed by atoms with van der Waals surface area (Å²) < 4.78 is 25.2. The van der Waals surface area contributed by atoms with Gasteiger partial charge in [-0.3, -0.25) is 0 Å². The number of hydrogen-bond donors (Lipinski definition) is 0. The zero-order valence-electron chi connectivity index (χ0n) is 9.68. The summed E-state index contributed by atoms with van der Waals surface area (Å²) in [6, 6.07) is 0. The Hall–Kier alpha value is 2.75. The Morgan fingerprint density at radius 1 is 0.526 bits per heavy atom. The third-order valence-electron chi connectivity index (χ3n) is 1.50. The van der Waals surface area contributed by atoms with Gasteiger partial charge in [0.2, 0.25) is 0 Å². The van der Waals surface area contributed by atoms with Gasteiger partial charge in [0.1, 0.15) is 0 Å². The topological polar surface area (TPSA) is 208 Å². The van der Waals surface area contributed by atoms with Crippen molar-refractivity contribution in [3.05, 3.63) is 0 Å². The Bertz CT molecular complexity index is 250. The van der Waals surface area contributed by atoms with Gasteiger partial charge in [0.05, 0.1) is 0 Å². The molecule has 6 fully saturated rings. The zero-order chi connectivity index (χ0) is 10.2. The van der Waals surface area contributed by atoms with E-state index < -0.39 is 36.2 Å². The molecule has 96 valence electrons. The molecule has 6 saturated heterocycles. The summed E-state index contributed by atoms with van der Waals surface area (Å²) in [5.41, 5.74) is 0. The maximum atomic E-state index is 11.1. The Labute approximate surface area is 161 Å². The fourth-order valence-electron chi connectivity index (χ4n) is 1.10. The van der Waals surface area contributed by atoms with Crippen LogP contribution in [0.1, 0.15) is 0 Å². The van der Waals surface area contributed by atoms with Crippen molar-refractivity contribution in [3.63, 3.8) is 0 Å². The molecule has 0 radical (unpaired) electrons. The normalized spacial score (nSPS) is 48.6. The molecular weight excluding hydrogens is 359 g/mol. The van der Waals surface area contributed by atoms with Crippen molar-refractivity contribution in [2.75, 3.05) is 0 Å². The molecule has 6 aliphatic rings. The summed E-state index contributed by atoms with van der Waals surface area (Å²) in [7, 11) is -17.9. The molecule has 2 N–H and O–H groups in total. The largest absolute Gasteiger partial charge is 2.00 e. The minimum absolute atomic E-state index is 0. The molecule has 4 bridgehead atoms. The quantitative estimate of drug-likeness (QED) is 0.369. The molecule has 19 heteroatoms. The monoisotopic (exact) mass is 360 g/mol. The van der Waals surface area contributed by atoms with Crippen LogP contribution in [0.2, 0.25) is 0 Å². The first kappa shape index (κ1) is 26.6. The average molecular weight is 361 g/mol. The molecule has 0 aliphatic carbocycles. The SMILES string of the molecule is [Li+].[Mg+2].[Na+].[O-][Si]12O[Si]([O-])(O1)O[Si]1([O-])O[Si]([O-])(O1)O2.[OH-].[OH-]. The molecule has 0 unspecified atom stereocenters. The van der Waals surface area contributed by atoms with E-state index in [9.17, 15) is 19.2 Å². The molecule has 0 saturated carbocycles. The molecule has 12 nitrogen and oxygen atoms in total. The van der Waals surface area contributed by atoms with E-state index in [1.165, 1.54) is 0 Å². The van der Waals surface area contributed by atoms with Gasteiger partial charge in [-0.2, -0.15) is 0 Å². The van der Waals surface area contributed by atoms with Gasteiger partial charge in [-0.15, -0.1) is 0 Å². The van der Waals surface area contributed by atoms with Crippen molar-refractivity contribution in [1.82, 2.24) is 0 Å². The second-order valence-electron chi connectivity index (χ2n) is 2.61. The van der Waals surface area contributed by atoms with Crippen LogP contribution in [0.15, 0.2) is 0 Å².